The maximum absolute atomic E-state index is 12.8. The van der Waals surface area contributed by atoms with Crippen molar-refractivity contribution in [3.8, 4) is 0 Å². The predicted octanol–water partition coefficient (Wildman–Crippen LogP) is 4.66. The molecule has 0 heterocycles. The molecule has 0 aliphatic heterocycles. The molecule has 1 aromatic rings. The highest BCUT2D eigenvalue weighted by molar-refractivity contribution is 5.98. The number of nitrogens with one attached hydrogen (secondary N) is 2. The number of rotatable bonds is 6. The molecule has 6 heteroatoms. The molecular formula is C21H36N4O2. The fraction of sp³-hybridized carbons (Fsp3) is 0.619. The minimum absolute atomic E-state index is 0.0188. The molecule has 0 unspecified atom stereocenters. The lowest BCUT2D eigenvalue weighted by atomic mass is 10.1. The van der Waals surface area contributed by atoms with E-state index in [0.717, 1.165) is 16.9 Å². The van der Waals surface area contributed by atoms with Gasteiger partial charge in [0.25, 0.3) is 0 Å². The second-order valence-electron chi connectivity index (χ2n) is 8.06. The Morgan fingerprint density at radius 3 is 1.33 bits per heavy atom. The van der Waals surface area contributed by atoms with Gasteiger partial charge in [0.1, 0.15) is 0 Å². The van der Waals surface area contributed by atoms with Crippen LogP contribution in [0.3, 0.4) is 0 Å². The molecule has 0 aromatic heterocycles. The Labute approximate surface area is 164 Å². The van der Waals surface area contributed by atoms with Crippen molar-refractivity contribution in [2.24, 2.45) is 0 Å². The normalized spacial score (nSPS) is 11.3. The molecule has 0 bridgehead atoms. The summed E-state index contributed by atoms with van der Waals surface area (Å²) in [5, 5.41) is 5.93. The lowest BCUT2D eigenvalue weighted by Gasteiger charge is -2.33. The first-order chi connectivity index (χ1) is 12.5. The van der Waals surface area contributed by atoms with Crippen LogP contribution in [0.2, 0.25) is 0 Å². The summed E-state index contributed by atoms with van der Waals surface area (Å²) in [7, 11) is 0. The summed E-state index contributed by atoms with van der Waals surface area (Å²) in [5.74, 6) is 0. The van der Waals surface area contributed by atoms with Gasteiger partial charge in [-0.2, -0.15) is 0 Å². The van der Waals surface area contributed by atoms with Crippen molar-refractivity contribution in [1.82, 2.24) is 10.6 Å². The van der Waals surface area contributed by atoms with E-state index >= 15 is 0 Å². The van der Waals surface area contributed by atoms with Crippen LogP contribution in [0.25, 0.3) is 0 Å². The lowest BCUT2D eigenvalue weighted by Crippen LogP contribution is -2.48. The van der Waals surface area contributed by atoms with Gasteiger partial charge in [-0.25, -0.2) is 9.59 Å². The average molecular weight is 377 g/mol. The van der Waals surface area contributed by atoms with Crippen LogP contribution in [0.4, 0.5) is 21.0 Å². The van der Waals surface area contributed by atoms with Gasteiger partial charge in [0.15, 0.2) is 0 Å². The first-order valence-electron chi connectivity index (χ1n) is 9.76. The van der Waals surface area contributed by atoms with Crippen LogP contribution < -0.4 is 20.4 Å². The number of hydrogen-bond acceptors (Lipinski definition) is 2. The third-order valence-electron chi connectivity index (χ3n) is 4.09. The molecule has 0 aliphatic rings. The summed E-state index contributed by atoms with van der Waals surface area (Å²) in [6.45, 7) is 17.7. The third kappa shape index (κ3) is 5.88. The summed E-state index contributed by atoms with van der Waals surface area (Å²) < 4.78 is 0. The Kier molecular flexibility index (Phi) is 8.13. The highest BCUT2D eigenvalue weighted by Gasteiger charge is 2.26. The van der Waals surface area contributed by atoms with Crippen LogP contribution in [0.5, 0.6) is 0 Å². The Morgan fingerprint density at radius 2 is 1.07 bits per heavy atom. The number of anilines is 2. The van der Waals surface area contributed by atoms with Crippen molar-refractivity contribution in [3.05, 3.63) is 23.8 Å². The number of nitrogens with zero attached hydrogens (tertiary/aromatic N) is 2. The highest BCUT2D eigenvalue weighted by atomic mass is 16.2. The number of hydrogen-bond donors (Lipinski definition) is 2. The molecule has 1 rings (SSSR count). The van der Waals surface area contributed by atoms with Gasteiger partial charge in [0.05, 0.1) is 11.4 Å². The largest absolute Gasteiger partial charge is 0.336 e. The fourth-order valence-corrected chi connectivity index (χ4v) is 3.01. The highest BCUT2D eigenvalue weighted by Crippen LogP contribution is 2.32. The molecule has 6 nitrogen and oxygen atoms in total. The summed E-state index contributed by atoms with van der Waals surface area (Å²) >= 11 is 0. The van der Waals surface area contributed by atoms with Crippen molar-refractivity contribution in [1.29, 1.82) is 0 Å². The smallest absolute Gasteiger partial charge is 0.322 e. The molecule has 1 aromatic carbocycles. The summed E-state index contributed by atoms with van der Waals surface area (Å²) in [6, 6.07) is 5.54. The van der Waals surface area contributed by atoms with Crippen molar-refractivity contribution in [2.75, 3.05) is 9.80 Å². The molecule has 0 saturated carbocycles. The second kappa shape index (κ2) is 9.62. The Balaban J connectivity index is 3.41. The Bertz CT molecular complexity index is 601. The van der Waals surface area contributed by atoms with Gasteiger partial charge in [0, 0.05) is 24.2 Å². The summed E-state index contributed by atoms with van der Waals surface area (Å²) in [6.07, 6.45) is 0. The van der Waals surface area contributed by atoms with Gasteiger partial charge < -0.3 is 10.6 Å². The maximum Gasteiger partial charge on any atom is 0.322 e. The van der Waals surface area contributed by atoms with E-state index in [1.54, 1.807) is 9.80 Å². The molecule has 0 radical (unpaired) electrons. The van der Waals surface area contributed by atoms with Gasteiger partial charge >= 0.3 is 12.1 Å². The Morgan fingerprint density at radius 1 is 0.741 bits per heavy atom. The zero-order valence-electron chi connectivity index (χ0n) is 18.3. The van der Waals surface area contributed by atoms with E-state index in [2.05, 4.69) is 10.6 Å². The molecule has 0 atom stereocenters. The zero-order chi connectivity index (χ0) is 20.9. The van der Waals surface area contributed by atoms with E-state index in [4.69, 9.17) is 0 Å². The van der Waals surface area contributed by atoms with Crippen LogP contribution in [0, 0.1) is 6.92 Å². The zero-order valence-corrected chi connectivity index (χ0v) is 18.3. The Hall–Kier alpha value is -2.24. The molecule has 0 spiro atoms. The first-order valence-corrected chi connectivity index (χ1v) is 9.76. The molecule has 2 N–H and O–H groups in total. The third-order valence-corrected chi connectivity index (χ3v) is 4.09. The standard InChI is InChI=1S/C21H36N4O2/c1-13(2)22-20(26)24(15(5)6)18-11-10-12-19(17(18)9)25(16(7)8)21(27)23-14(3)4/h10-16H,1-9H3,(H,22,26)(H,23,27). The number of carbonyl (C=O) groups excluding carboxylic acids is 2. The minimum Gasteiger partial charge on any atom is -0.336 e. The fourth-order valence-electron chi connectivity index (χ4n) is 3.01. The molecule has 152 valence electrons. The minimum atomic E-state index is -0.136. The van der Waals surface area contributed by atoms with Crippen molar-refractivity contribution < 1.29 is 9.59 Å². The van der Waals surface area contributed by atoms with Crippen molar-refractivity contribution >= 4 is 23.4 Å². The molecule has 0 saturated heterocycles. The van der Waals surface area contributed by atoms with Gasteiger partial charge in [-0.3, -0.25) is 9.80 Å². The summed E-state index contributed by atoms with van der Waals surface area (Å²) in [5.41, 5.74) is 2.52. The van der Waals surface area contributed by atoms with Crippen molar-refractivity contribution in [3.63, 3.8) is 0 Å². The lowest BCUT2D eigenvalue weighted by molar-refractivity contribution is 0.242. The quantitative estimate of drug-likeness (QED) is 0.758. The predicted molar refractivity (Wildman–Crippen MR) is 114 cm³/mol. The number of carbonyl (C=O) groups is 2. The van der Waals surface area contributed by atoms with E-state index in [9.17, 15) is 9.59 Å². The van der Waals surface area contributed by atoms with Crippen LogP contribution in [-0.2, 0) is 0 Å². The number of benzene rings is 1. The van der Waals surface area contributed by atoms with Gasteiger partial charge in [-0.1, -0.05) is 6.07 Å². The van der Waals surface area contributed by atoms with Crippen LogP contribution in [0.1, 0.15) is 61.0 Å². The number of amides is 4. The molecular weight excluding hydrogens is 340 g/mol. The van der Waals surface area contributed by atoms with E-state index in [1.807, 2.05) is 80.5 Å². The van der Waals surface area contributed by atoms with Gasteiger partial charge in [-0.05, 0) is 80.0 Å². The SMILES string of the molecule is Cc1c(N(C(=O)NC(C)C)C(C)C)cccc1N(C(=O)NC(C)C)C(C)C. The summed E-state index contributed by atoms with van der Waals surface area (Å²) in [4.78, 5) is 29.0. The van der Waals surface area contributed by atoms with Crippen LogP contribution in [0.15, 0.2) is 18.2 Å². The maximum atomic E-state index is 12.8. The molecule has 27 heavy (non-hydrogen) atoms. The van der Waals surface area contributed by atoms with E-state index in [1.165, 1.54) is 0 Å². The van der Waals surface area contributed by atoms with Crippen LogP contribution in [-0.4, -0.2) is 36.2 Å². The first kappa shape index (κ1) is 22.8. The number of urea groups is 2. The van der Waals surface area contributed by atoms with E-state index < -0.39 is 0 Å². The van der Waals surface area contributed by atoms with Gasteiger partial charge in [-0.15, -0.1) is 0 Å². The van der Waals surface area contributed by atoms with Gasteiger partial charge in [0.2, 0.25) is 0 Å². The topological polar surface area (TPSA) is 64.7 Å². The molecule has 0 fully saturated rings. The second-order valence-corrected chi connectivity index (χ2v) is 8.06. The monoisotopic (exact) mass is 376 g/mol. The average Bonchev–Trinajstić information content (AvgIpc) is 2.48. The van der Waals surface area contributed by atoms with Crippen molar-refractivity contribution in [2.45, 2.75) is 86.5 Å². The molecule has 0 aliphatic carbocycles. The van der Waals surface area contributed by atoms with E-state index in [-0.39, 0.29) is 36.2 Å². The van der Waals surface area contributed by atoms with E-state index in [0.29, 0.717) is 0 Å². The van der Waals surface area contributed by atoms with Crippen LogP contribution >= 0.6 is 0 Å². The molecule has 4 amide bonds.